The lowest BCUT2D eigenvalue weighted by atomic mass is 10.0. The molecule has 0 aromatic rings. The summed E-state index contributed by atoms with van der Waals surface area (Å²) in [5.41, 5.74) is -0.0856. The fourth-order valence-electron chi connectivity index (χ4n) is 1.70. The number of allylic oxidation sites excluding steroid dienone is 1. The molecule has 0 aromatic carbocycles. The molecule has 0 aromatic heterocycles. The molecule has 90 valence electrons. The molecule has 0 aliphatic carbocycles. The van der Waals surface area contributed by atoms with Gasteiger partial charge in [-0.25, -0.2) is 9.86 Å². The molecule has 1 heterocycles. The first-order chi connectivity index (χ1) is 7.33. The molecule has 5 nitrogen and oxygen atoms in total. The van der Waals surface area contributed by atoms with Gasteiger partial charge in [0.25, 0.3) is 0 Å². The molecule has 1 saturated heterocycles. The van der Waals surface area contributed by atoms with Gasteiger partial charge in [0.1, 0.15) is 11.6 Å². The van der Waals surface area contributed by atoms with E-state index in [0.717, 1.165) is 0 Å². The zero-order chi connectivity index (χ0) is 12.3. The fraction of sp³-hybridized carbons (Fsp3) is 0.727. The predicted molar refractivity (Wildman–Crippen MR) is 57.1 cm³/mol. The zero-order valence-electron chi connectivity index (χ0n) is 9.82. The van der Waals surface area contributed by atoms with E-state index in [0.29, 0.717) is 18.7 Å². The van der Waals surface area contributed by atoms with Crippen LogP contribution in [-0.4, -0.2) is 34.2 Å². The van der Waals surface area contributed by atoms with Crippen molar-refractivity contribution in [3.05, 3.63) is 5.70 Å². The Balaban J connectivity index is 2.71. The summed E-state index contributed by atoms with van der Waals surface area (Å²) in [6, 6.07) is 0. The molecule has 1 aliphatic heterocycles. The number of rotatable bonds is 3. The number of hydrogen-bond acceptors (Lipinski definition) is 4. The van der Waals surface area contributed by atoms with Crippen LogP contribution in [0.5, 0.6) is 0 Å². The average Bonchev–Trinajstić information content (AvgIpc) is 2.43. The highest BCUT2D eigenvalue weighted by Crippen LogP contribution is 2.31. The molecule has 0 radical (unpaired) electrons. The summed E-state index contributed by atoms with van der Waals surface area (Å²) < 4.78 is 0. The molecule has 1 unspecified atom stereocenters. The van der Waals surface area contributed by atoms with Crippen molar-refractivity contribution in [1.82, 2.24) is 5.06 Å². The second-order valence-electron chi connectivity index (χ2n) is 4.88. The number of hydrogen-bond donors (Lipinski definition) is 1. The van der Waals surface area contributed by atoms with E-state index in [2.05, 4.69) is 0 Å². The summed E-state index contributed by atoms with van der Waals surface area (Å²) in [7, 11) is 0. The number of carbonyl (C=O) groups is 1. The lowest BCUT2D eigenvalue weighted by Gasteiger charge is -2.27. The third-order valence-electron chi connectivity index (χ3n) is 2.25. The van der Waals surface area contributed by atoms with Crippen molar-refractivity contribution in [3.63, 3.8) is 0 Å². The first-order valence-electron chi connectivity index (χ1n) is 5.27. The molecule has 1 fully saturated rings. The van der Waals surface area contributed by atoms with Gasteiger partial charge in [0.15, 0.2) is 0 Å². The maximum atomic E-state index is 10.8. The van der Waals surface area contributed by atoms with Gasteiger partial charge in [0.2, 0.25) is 0 Å². The van der Waals surface area contributed by atoms with Gasteiger partial charge in [-0.3, -0.25) is 9.63 Å². The van der Waals surface area contributed by atoms with E-state index in [4.69, 9.17) is 9.94 Å². The van der Waals surface area contributed by atoms with Crippen LogP contribution in [-0.2, 0) is 14.4 Å². The number of hydroxylamine groups is 2. The Hall–Kier alpha value is -1.32. The maximum absolute atomic E-state index is 10.8. The van der Waals surface area contributed by atoms with E-state index in [-0.39, 0.29) is 12.3 Å². The van der Waals surface area contributed by atoms with Crippen LogP contribution < -0.4 is 0 Å². The normalized spacial score (nSPS) is 21.1. The van der Waals surface area contributed by atoms with Crippen LogP contribution in [0.3, 0.4) is 0 Å². The third-order valence-corrected chi connectivity index (χ3v) is 2.25. The van der Waals surface area contributed by atoms with Crippen molar-refractivity contribution in [2.45, 2.75) is 39.2 Å². The van der Waals surface area contributed by atoms with Crippen LogP contribution in [0.2, 0.25) is 0 Å². The molecule has 16 heavy (non-hydrogen) atoms. The van der Waals surface area contributed by atoms with Crippen LogP contribution in [0.25, 0.3) is 0 Å². The molecule has 0 bridgehead atoms. The summed E-state index contributed by atoms with van der Waals surface area (Å²) in [6.07, 6.45) is 0.571. The standard InChI is InChI=1S/C11H17NO4/c1-11(2,3)16-12-5-4-8(6-10(14)15)9(12)7-13/h8H,4-6H2,1-3H3,(H,14,15). The first-order valence-corrected chi connectivity index (χ1v) is 5.27. The third kappa shape index (κ3) is 3.36. The molecular weight excluding hydrogens is 210 g/mol. The predicted octanol–water partition coefficient (Wildman–Crippen LogP) is 1.23. The number of nitrogens with zero attached hydrogens (tertiary/aromatic N) is 1. The molecule has 0 amide bonds. The Morgan fingerprint density at radius 1 is 1.62 bits per heavy atom. The van der Waals surface area contributed by atoms with Gasteiger partial charge >= 0.3 is 5.97 Å². The maximum Gasteiger partial charge on any atom is 0.304 e. The minimum Gasteiger partial charge on any atom is -0.481 e. The minimum absolute atomic E-state index is 0.0470. The molecule has 5 heteroatoms. The summed E-state index contributed by atoms with van der Waals surface area (Å²) in [4.78, 5) is 27.0. The summed E-state index contributed by atoms with van der Waals surface area (Å²) in [5.74, 6) is 0.609. The minimum atomic E-state index is -0.907. The van der Waals surface area contributed by atoms with Crippen LogP contribution in [0.4, 0.5) is 0 Å². The van der Waals surface area contributed by atoms with Crippen LogP contribution in [0.15, 0.2) is 5.70 Å². The van der Waals surface area contributed by atoms with E-state index >= 15 is 0 Å². The highest BCUT2D eigenvalue weighted by atomic mass is 16.7. The molecule has 1 N–H and O–H groups in total. The van der Waals surface area contributed by atoms with Crippen molar-refractivity contribution < 1.29 is 19.5 Å². The largest absolute Gasteiger partial charge is 0.481 e. The van der Waals surface area contributed by atoms with Gasteiger partial charge in [-0.2, -0.15) is 0 Å². The van der Waals surface area contributed by atoms with E-state index in [1.165, 1.54) is 5.06 Å². The van der Waals surface area contributed by atoms with E-state index in [1.54, 1.807) is 5.94 Å². The Kier molecular flexibility index (Phi) is 3.73. The van der Waals surface area contributed by atoms with E-state index in [9.17, 15) is 9.59 Å². The highest BCUT2D eigenvalue weighted by molar-refractivity contribution is 5.68. The lowest BCUT2D eigenvalue weighted by molar-refractivity contribution is -0.198. The van der Waals surface area contributed by atoms with E-state index < -0.39 is 11.6 Å². The quantitative estimate of drug-likeness (QED) is 0.734. The first kappa shape index (κ1) is 12.7. The fourth-order valence-corrected chi connectivity index (χ4v) is 1.70. The van der Waals surface area contributed by atoms with Gasteiger partial charge in [0, 0.05) is 12.5 Å². The van der Waals surface area contributed by atoms with Crippen molar-refractivity contribution in [1.29, 1.82) is 0 Å². The topological polar surface area (TPSA) is 66.8 Å². The van der Waals surface area contributed by atoms with Crippen molar-refractivity contribution >= 4 is 11.9 Å². The van der Waals surface area contributed by atoms with Gasteiger partial charge in [0.05, 0.1) is 12.0 Å². The Morgan fingerprint density at radius 3 is 2.69 bits per heavy atom. The Morgan fingerprint density at radius 2 is 2.25 bits per heavy atom. The smallest absolute Gasteiger partial charge is 0.304 e. The van der Waals surface area contributed by atoms with Crippen molar-refractivity contribution in [2.24, 2.45) is 5.92 Å². The lowest BCUT2D eigenvalue weighted by Crippen LogP contribution is -2.31. The van der Waals surface area contributed by atoms with Crippen LogP contribution in [0.1, 0.15) is 33.6 Å². The van der Waals surface area contributed by atoms with E-state index in [1.807, 2.05) is 20.8 Å². The van der Waals surface area contributed by atoms with Crippen LogP contribution in [0, 0.1) is 5.92 Å². The monoisotopic (exact) mass is 227 g/mol. The molecular formula is C11H17NO4. The van der Waals surface area contributed by atoms with Crippen molar-refractivity contribution in [3.8, 4) is 0 Å². The molecule has 1 aliphatic rings. The van der Waals surface area contributed by atoms with Gasteiger partial charge < -0.3 is 5.11 Å². The van der Waals surface area contributed by atoms with Gasteiger partial charge in [-0.1, -0.05) is 0 Å². The number of carboxylic acid groups (broad SMARTS) is 1. The number of carboxylic acids is 1. The average molecular weight is 227 g/mol. The highest BCUT2D eigenvalue weighted by Gasteiger charge is 2.33. The zero-order valence-corrected chi connectivity index (χ0v) is 9.82. The summed E-state index contributed by atoms with van der Waals surface area (Å²) in [6.45, 7) is 6.17. The molecule has 1 atom stereocenters. The van der Waals surface area contributed by atoms with Crippen molar-refractivity contribution in [2.75, 3.05) is 6.54 Å². The second-order valence-corrected chi connectivity index (χ2v) is 4.88. The second kappa shape index (κ2) is 4.68. The Labute approximate surface area is 94.6 Å². The van der Waals surface area contributed by atoms with Crippen LogP contribution >= 0.6 is 0 Å². The van der Waals surface area contributed by atoms with Gasteiger partial charge in [-0.15, -0.1) is 0 Å². The number of carbonyl (C=O) groups excluding carboxylic acids is 1. The number of aliphatic carboxylic acids is 1. The van der Waals surface area contributed by atoms with Gasteiger partial charge in [-0.05, 0) is 27.2 Å². The summed E-state index contributed by atoms with van der Waals surface area (Å²) in [5, 5.41) is 10.2. The SMILES string of the molecule is CC(C)(C)ON1CCC(CC(=O)O)C1=C=O. The Bertz CT molecular complexity index is 325. The molecule has 0 saturated carbocycles. The summed E-state index contributed by atoms with van der Waals surface area (Å²) >= 11 is 0. The molecule has 1 rings (SSSR count). The molecule has 0 spiro atoms.